The first kappa shape index (κ1) is 12.5. The first-order chi connectivity index (χ1) is 6.87. The summed E-state index contributed by atoms with van der Waals surface area (Å²) in [5, 5.41) is 0. The lowest BCUT2D eigenvalue weighted by molar-refractivity contribution is -0.146. The molecule has 3 heteroatoms. The normalized spacial score (nSPS) is 24.9. The van der Waals surface area contributed by atoms with Gasteiger partial charge in [-0.25, -0.2) is 0 Å². The zero-order valence-corrected chi connectivity index (χ0v) is 10.5. The van der Waals surface area contributed by atoms with Gasteiger partial charge in [0.25, 0.3) is 0 Å². The third kappa shape index (κ3) is 2.94. The lowest BCUT2D eigenvalue weighted by atomic mass is 9.93. The van der Waals surface area contributed by atoms with Crippen molar-refractivity contribution in [1.82, 2.24) is 4.90 Å². The van der Waals surface area contributed by atoms with E-state index in [1.54, 1.807) is 0 Å². The van der Waals surface area contributed by atoms with Crippen LogP contribution in [0.3, 0.4) is 0 Å². The topological polar surface area (TPSA) is 29.5 Å². The van der Waals surface area contributed by atoms with E-state index >= 15 is 0 Å². The second-order valence-electron chi connectivity index (χ2n) is 5.44. The third-order valence-corrected chi connectivity index (χ3v) is 3.58. The fourth-order valence-electron chi connectivity index (χ4n) is 2.20. The number of nitrogens with zero attached hydrogens (tertiary/aromatic N) is 1. The molecular weight excluding hydrogens is 190 g/mol. The Morgan fingerprint density at radius 3 is 2.40 bits per heavy atom. The summed E-state index contributed by atoms with van der Waals surface area (Å²) in [6.07, 6.45) is 1.21. The van der Waals surface area contributed by atoms with Gasteiger partial charge in [0.05, 0.1) is 13.0 Å². The van der Waals surface area contributed by atoms with Gasteiger partial charge in [-0.05, 0) is 25.3 Å². The first-order valence-electron chi connectivity index (χ1n) is 5.69. The van der Waals surface area contributed by atoms with Gasteiger partial charge in [-0.2, -0.15) is 0 Å². The van der Waals surface area contributed by atoms with Crippen LogP contribution in [0.1, 0.15) is 34.1 Å². The largest absolute Gasteiger partial charge is 0.469 e. The standard InChI is InChI=1S/C12H23NO2/c1-9(11(14)15-5)10(2)13-7-6-12(3,4)8-13/h9-10H,6-8H2,1-5H3. The van der Waals surface area contributed by atoms with Crippen molar-refractivity contribution >= 4 is 5.97 Å². The van der Waals surface area contributed by atoms with Gasteiger partial charge in [0.15, 0.2) is 0 Å². The van der Waals surface area contributed by atoms with Crippen molar-refractivity contribution in [2.24, 2.45) is 11.3 Å². The summed E-state index contributed by atoms with van der Waals surface area (Å²) < 4.78 is 4.78. The second kappa shape index (κ2) is 4.52. The van der Waals surface area contributed by atoms with Gasteiger partial charge in [0, 0.05) is 12.6 Å². The predicted molar refractivity (Wildman–Crippen MR) is 60.6 cm³/mol. The Hall–Kier alpha value is -0.570. The van der Waals surface area contributed by atoms with E-state index in [0.717, 1.165) is 13.1 Å². The summed E-state index contributed by atoms with van der Waals surface area (Å²) in [5.41, 5.74) is 0.393. The summed E-state index contributed by atoms with van der Waals surface area (Å²) in [6, 6.07) is 0.277. The number of hydrogen-bond donors (Lipinski definition) is 0. The molecule has 0 bridgehead atoms. The average molecular weight is 213 g/mol. The average Bonchev–Trinajstić information content (AvgIpc) is 2.55. The smallest absolute Gasteiger partial charge is 0.309 e. The lowest BCUT2D eigenvalue weighted by Crippen LogP contribution is -2.40. The zero-order chi connectivity index (χ0) is 11.6. The lowest BCUT2D eigenvalue weighted by Gasteiger charge is -2.29. The molecule has 0 N–H and O–H groups in total. The van der Waals surface area contributed by atoms with Gasteiger partial charge >= 0.3 is 5.97 Å². The molecule has 15 heavy (non-hydrogen) atoms. The minimum Gasteiger partial charge on any atom is -0.469 e. The number of carbonyl (C=O) groups excluding carboxylic acids is 1. The highest BCUT2D eigenvalue weighted by molar-refractivity contribution is 5.72. The van der Waals surface area contributed by atoms with E-state index in [1.807, 2.05) is 6.92 Å². The highest BCUT2D eigenvalue weighted by Gasteiger charge is 2.35. The van der Waals surface area contributed by atoms with E-state index in [1.165, 1.54) is 13.5 Å². The summed E-state index contributed by atoms with van der Waals surface area (Å²) >= 11 is 0. The number of carbonyl (C=O) groups is 1. The number of methoxy groups -OCH3 is 1. The minimum atomic E-state index is -0.104. The molecule has 1 heterocycles. The molecule has 2 unspecified atom stereocenters. The number of ether oxygens (including phenoxy) is 1. The highest BCUT2D eigenvalue weighted by Crippen LogP contribution is 2.31. The van der Waals surface area contributed by atoms with Crippen molar-refractivity contribution in [2.75, 3.05) is 20.2 Å². The van der Waals surface area contributed by atoms with Crippen molar-refractivity contribution in [3.63, 3.8) is 0 Å². The van der Waals surface area contributed by atoms with Gasteiger partial charge < -0.3 is 4.74 Å². The first-order valence-corrected chi connectivity index (χ1v) is 5.69. The Morgan fingerprint density at radius 1 is 1.40 bits per heavy atom. The second-order valence-corrected chi connectivity index (χ2v) is 5.44. The Labute approximate surface area is 92.8 Å². The van der Waals surface area contributed by atoms with Gasteiger partial charge in [-0.15, -0.1) is 0 Å². The molecule has 0 saturated carbocycles. The fourth-order valence-corrected chi connectivity index (χ4v) is 2.20. The van der Waals surface area contributed by atoms with Crippen molar-refractivity contribution in [1.29, 1.82) is 0 Å². The van der Waals surface area contributed by atoms with Gasteiger partial charge in [-0.1, -0.05) is 20.8 Å². The molecule has 0 aliphatic carbocycles. The highest BCUT2D eigenvalue weighted by atomic mass is 16.5. The molecule has 1 aliphatic heterocycles. The number of rotatable bonds is 3. The third-order valence-electron chi connectivity index (χ3n) is 3.58. The minimum absolute atomic E-state index is 0.0381. The summed E-state index contributed by atoms with van der Waals surface area (Å²) in [4.78, 5) is 13.8. The molecule has 1 aliphatic rings. The Kier molecular flexibility index (Phi) is 3.77. The van der Waals surface area contributed by atoms with Crippen LogP contribution in [0.5, 0.6) is 0 Å². The fraction of sp³-hybridized carbons (Fsp3) is 0.917. The summed E-state index contributed by atoms with van der Waals surface area (Å²) in [7, 11) is 1.46. The molecule has 3 nitrogen and oxygen atoms in total. The van der Waals surface area contributed by atoms with Gasteiger partial charge in [0.1, 0.15) is 0 Å². The number of hydrogen-bond acceptors (Lipinski definition) is 3. The van der Waals surface area contributed by atoms with Crippen LogP contribution in [0.15, 0.2) is 0 Å². The van der Waals surface area contributed by atoms with Crippen molar-refractivity contribution in [3.05, 3.63) is 0 Å². The quantitative estimate of drug-likeness (QED) is 0.671. The zero-order valence-electron chi connectivity index (χ0n) is 10.5. The maximum Gasteiger partial charge on any atom is 0.309 e. The van der Waals surface area contributed by atoms with Crippen LogP contribution >= 0.6 is 0 Å². The van der Waals surface area contributed by atoms with Crippen molar-refractivity contribution in [3.8, 4) is 0 Å². The van der Waals surface area contributed by atoms with E-state index in [0.29, 0.717) is 5.41 Å². The molecule has 88 valence electrons. The molecule has 2 atom stereocenters. The van der Waals surface area contributed by atoms with E-state index in [-0.39, 0.29) is 17.9 Å². The SMILES string of the molecule is COC(=O)C(C)C(C)N1CCC(C)(C)C1. The Bertz CT molecular complexity index is 238. The molecule has 1 rings (SSSR count). The molecular formula is C12H23NO2. The summed E-state index contributed by atoms with van der Waals surface area (Å²) in [5.74, 6) is -0.142. The van der Waals surface area contributed by atoms with Crippen LogP contribution in [0.25, 0.3) is 0 Å². The van der Waals surface area contributed by atoms with Crippen LogP contribution in [-0.2, 0) is 9.53 Å². The van der Waals surface area contributed by atoms with Crippen LogP contribution < -0.4 is 0 Å². The van der Waals surface area contributed by atoms with Crippen molar-refractivity contribution in [2.45, 2.75) is 40.2 Å². The summed E-state index contributed by atoms with van der Waals surface area (Å²) in [6.45, 7) is 10.8. The molecule has 0 aromatic rings. The Balaban J connectivity index is 2.55. The number of likely N-dealkylation sites (tertiary alicyclic amines) is 1. The molecule has 1 fully saturated rings. The van der Waals surface area contributed by atoms with Crippen molar-refractivity contribution < 1.29 is 9.53 Å². The molecule has 0 aromatic heterocycles. The predicted octanol–water partition coefficient (Wildman–Crippen LogP) is 1.92. The molecule has 1 saturated heterocycles. The molecule has 0 amide bonds. The molecule has 0 radical (unpaired) electrons. The van der Waals surface area contributed by atoms with E-state index < -0.39 is 0 Å². The Morgan fingerprint density at radius 2 is 2.00 bits per heavy atom. The van der Waals surface area contributed by atoms with Gasteiger partial charge in [-0.3, -0.25) is 9.69 Å². The van der Waals surface area contributed by atoms with Crippen LogP contribution in [0.2, 0.25) is 0 Å². The monoisotopic (exact) mass is 213 g/mol. The van der Waals surface area contributed by atoms with E-state index in [9.17, 15) is 4.79 Å². The van der Waals surface area contributed by atoms with E-state index in [2.05, 4.69) is 25.7 Å². The van der Waals surface area contributed by atoms with E-state index in [4.69, 9.17) is 4.74 Å². The maximum absolute atomic E-state index is 11.4. The van der Waals surface area contributed by atoms with Crippen LogP contribution in [-0.4, -0.2) is 37.1 Å². The molecule has 0 aromatic carbocycles. The van der Waals surface area contributed by atoms with Crippen LogP contribution in [0.4, 0.5) is 0 Å². The molecule has 0 spiro atoms. The number of esters is 1. The van der Waals surface area contributed by atoms with Gasteiger partial charge in [0.2, 0.25) is 0 Å². The van der Waals surface area contributed by atoms with Crippen LogP contribution in [0, 0.1) is 11.3 Å². The maximum atomic E-state index is 11.4.